The van der Waals surface area contributed by atoms with E-state index in [9.17, 15) is 10.2 Å². The lowest BCUT2D eigenvalue weighted by Crippen LogP contribution is -2.58. The van der Waals surface area contributed by atoms with Crippen molar-refractivity contribution in [2.75, 3.05) is 20.3 Å². The van der Waals surface area contributed by atoms with Gasteiger partial charge in [0.1, 0.15) is 5.75 Å². The highest BCUT2D eigenvalue weighted by molar-refractivity contribution is 5.31. The molecule has 0 aliphatic heterocycles. The lowest BCUT2D eigenvalue weighted by atomic mass is 9.74. The summed E-state index contributed by atoms with van der Waals surface area (Å²) in [5.41, 5.74) is 0.800. The molecule has 4 nitrogen and oxygen atoms in total. The van der Waals surface area contributed by atoms with E-state index in [2.05, 4.69) is 17.4 Å². The van der Waals surface area contributed by atoms with Crippen molar-refractivity contribution in [3.8, 4) is 5.75 Å². The first-order chi connectivity index (χ1) is 9.66. The van der Waals surface area contributed by atoms with E-state index in [1.165, 1.54) is 5.56 Å². The first-order valence-electron chi connectivity index (χ1n) is 7.29. The molecule has 1 aromatic rings. The Labute approximate surface area is 120 Å². The number of aliphatic hydroxyl groups excluding tert-OH is 2. The van der Waals surface area contributed by atoms with E-state index in [1.54, 1.807) is 7.11 Å². The van der Waals surface area contributed by atoms with Gasteiger partial charge in [-0.2, -0.15) is 0 Å². The molecule has 112 valence electrons. The molecule has 1 aromatic carbocycles. The molecule has 2 rings (SSSR count). The number of rotatable bonds is 7. The lowest BCUT2D eigenvalue weighted by molar-refractivity contribution is 0.0627. The maximum Gasteiger partial charge on any atom is 0.118 e. The number of methoxy groups -OCH3 is 1. The molecular formula is C16H25NO3. The summed E-state index contributed by atoms with van der Waals surface area (Å²) in [6, 6.07) is 8.60. The van der Waals surface area contributed by atoms with Crippen LogP contribution in [0.5, 0.6) is 5.75 Å². The largest absolute Gasteiger partial charge is 0.497 e. The van der Waals surface area contributed by atoms with Gasteiger partial charge < -0.3 is 20.3 Å². The fraction of sp³-hybridized carbons (Fsp3) is 0.625. The van der Waals surface area contributed by atoms with Gasteiger partial charge in [-0.3, -0.25) is 0 Å². The van der Waals surface area contributed by atoms with Crippen LogP contribution in [0.25, 0.3) is 0 Å². The molecule has 1 aliphatic rings. The number of hydrogen-bond acceptors (Lipinski definition) is 4. The van der Waals surface area contributed by atoms with Gasteiger partial charge >= 0.3 is 0 Å². The fourth-order valence-electron chi connectivity index (χ4n) is 2.78. The Morgan fingerprint density at radius 1 is 1.20 bits per heavy atom. The lowest BCUT2D eigenvalue weighted by Gasteiger charge is -2.43. The van der Waals surface area contributed by atoms with Crippen molar-refractivity contribution in [3.63, 3.8) is 0 Å². The van der Waals surface area contributed by atoms with Crippen LogP contribution in [0.2, 0.25) is 0 Å². The molecule has 0 atom stereocenters. The van der Waals surface area contributed by atoms with Crippen molar-refractivity contribution in [3.05, 3.63) is 29.8 Å². The Hall–Kier alpha value is -1.10. The van der Waals surface area contributed by atoms with Gasteiger partial charge in [-0.25, -0.2) is 0 Å². The summed E-state index contributed by atoms with van der Waals surface area (Å²) in [4.78, 5) is 0. The minimum atomic E-state index is -0.532. The summed E-state index contributed by atoms with van der Waals surface area (Å²) in [5, 5.41) is 22.3. The summed E-state index contributed by atoms with van der Waals surface area (Å²) in [5.74, 6) is 1.44. The smallest absolute Gasteiger partial charge is 0.118 e. The molecule has 0 aromatic heterocycles. The number of ether oxygens (including phenoxy) is 1. The molecule has 0 radical (unpaired) electrons. The van der Waals surface area contributed by atoms with Crippen molar-refractivity contribution in [1.82, 2.24) is 5.32 Å². The van der Waals surface area contributed by atoms with E-state index in [-0.39, 0.29) is 13.2 Å². The van der Waals surface area contributed by atoms with E-state index in [1.807, 2.05) is 19.1 Å². The highest BCUT2D eigenvalue weighted by Crippen LogP contribution is 2.38. The van der Waals surface area contributed by atoms with E-state index in [0.717, 1.165) is 25.0 Å². The van der Waals surface area contributed by atoms with Gasteiger partial charge in [-0.15, -0.1) is 0 Å². The van der Waals surface area contributed by atoms with Gasteiger partial charge in [-0.05, 0) is 42.9 Å². The third-order valence-electron chi connectivity index (χ3n) is 4.52. The SMILES string of the molecule is CCC(CO)(CO)NC1CC(c2ccc(OC)cc2)C1. The molecule has 4 heteroatoms. The second-order valence-corrected chi connectivity index (χ2v) is 5.73. The first kappa shape index (κ1) is 15.3. The second kappa shape index (κ2) is 6.57. The van der Waals surface area contributed by atoms with Crippen LogP contribution >= 0.6 is 0 Å². The summed E-state index contributed by atoms with van der Waals surface area (Å²) in [6.45, 7) is 1.94. The standard InChI is InChI=1S/C16H25NO3/c1-3-16(10-18,11-19)17-14-8-13(9-14)12-4-6-15(20-2)7-5-12/h4-7,13-14,17-19H,3,8-11H2,1-2H3. The number of benzene rings is 1. The van der Waals surface area contributed by atoms with Crippen LogP contribution in [0, 0.1) is 0 Å². The van der Waals surface area contributed by atoms with Crippen molar-refractivity contribution in [2.45, 2.75) is 43.7 Å². The zero-order valence-corrected chi connectivity index (χ0v) is 12.3. The Morgan fingerprint density at radius 3 is 2.25 bits per heavy atom. The van der Waals surface area contributed by atoms with E-state index < -0.39 is 5.54 Å². The van der Waals surface area contributed by atoms with E-state index in [4.69, 9.17) is 4.74 Å². The average Bonchev–Trinajstić information content (AvgIpc) is 2.47. The molecule has 0 saturated heterocycles. The Bertz CT molecular complexity index is 400. The van der Waals surface area contributed by atoms with Gasteiger partial charge in [0, 0.05) is 6.04 Å². The van der Waals surface area contributed by atoms with Gasteiger partial charge in [0.15, 0.2) is 0 Å². The summed E-state index contributed by atoms with van der Waals surface area (Å²) in [7, 11) is 1.67. The van der Waals surface area contributed by atoms with Crippen molar-refractivity contribution in [2.24, 2.45) is 0 Å². The van der Waals surface area contributed by atoms with Gasteiger partial charge in [0.05, 0.1) is 25.9 Å². The molecule has 0 spiro atoms. The van der Waals surface area contributed by atoms with Crippen LogP contribution in [-0.4, -0.2) is 42.1 Å². The van der Waals surface area contributed by atoms with Crippen molar-refractivity contribution < 1.29 is 14.9 Å². The van der Waals surface area contributed by atoms with Crippen LogP contribution in [0.1, 0.15) is 37.7 Å². The quantitative estimate of drug-likeness (QED) is 0.710. The Morgan fingerprint density at radius 2 is 1.80 bits per heavy atom. The zero-order valence-electron chi connectivity index (χ0n) is 12.3. The molecule has 0 bridgehead atoms. The third-order valence-corrected chi connectivity index (χ3v) is 4.52. The molecule has 20 heavy (non-hydrogen) atoms. The predicted octanol–water partition coefficient (Wildman–Crippen LogP) is 1.66. The molecule has 0 amide bonds. The molecular weight excluding hydrogens is 254 g/mol. The molecule has 0 heterocycles. The van der Waals surface area contributed by atoms with Crippen LogP contribution in [0.15, 0.2) is 24.3 Å². The van der Waals surface area contributed by atoms with Crippen LogP contribution in [0.4, 0.5) is 0 Å². The fourth-order valence-corrected chi connectivity index (χ4v) is 2.78. The average molecular weight is 279 g/mol. The molecule has 0 unspecified atom stereocenters. The molecule has 1 fully saturated rings. The Kier molecular flexibility index (Phi) is 5.02. The monoisotopic (exact) mass is 279 g/mol. The summed E-state index contributed by atoms with van der Waals surface area (Å²) < 4.78 is 5.16. The summed E-state index contributed by atoms with van der Waals surface area (Å²) in [6.07, 6.45) is 2.83. The van der Waals surface area contributed by atoms with Crippen molar-refractivity contribution in [1.29, 1.82) is 0 Å². The predicted molar refractivity (Wildman–Crippen MR) is 79.1 cm³/mol. The number of aliphatic hydroxyl groups is 2. The zero-order chi connectivity index (χ0) is 14.6. The molecule has 1 aliphatic carbocycles. The summed E-state index contributed by atoms with van der Waals surface area (Å²) >= 11 is 0. The highest BCUT2D eigenvalue weighted by atomic mass is 16.5. The van der Waals surface area contributed by atoms with Gasteiger partial charge in [0.25, 0.3) is 0 Å². The van der Waals surface area contributed by atoms with E-state index in [0.29, 0.717) is 12.0 Å². The topological polar surface area (TPSA) is 61.7 Å². The van der Waals surface area contributed by atoms with Gasteiger partial charge in [-0.1, -0.05) is 19.1 Å². The second-order valence-electron chi connectivity index (χ2n) is 5.73. The van der Waals surface area contributed by atoms with Crippen molar-refractivity contribution >= 4 is 0 Å². The Balaban J connectivity index is 1.87. The minimum absolute atomic E-state index is 0.0241. The van der Waals surface area contributed by atoms with Gasteiger partial charge in [0.2, 0.25) is 0 Å². The molecule has 1 saturated carbocycles. The van der Waals surface area contributed by atoms with Crippen LogP contribution < -0.4 is 10.1 Å². The third kappa shape index (κ3) is 3.14. The normalized spacial score (nSPS) is 22.4. The number of nitrogens with one attached hydrogen (secondary N) is 1. The van der Waals surface area contributed by atoms with Crippen LogP contribution in [-0.2, 0) is 0 Å². The van der Waals surface area contributed by atoms with Crippen LogP contribution in [0.3, 0.4) is 0 Å². The maximum absolute atomic E-state index is 9.45. The minimum Gasteiger partial charge on any atom is -0.497 e. The molecule has 3 N–H and O–H groups in total. The maximum atomic E-state index is 9.45. The first-order valence-corrected chi connectivity index (χ1v) is 7.29. The van der Waals surface area contributed by atoms with E-state index >= 15 is 0 Å². The number of hydrogen-bond donors (Lipinski definition) is 3. The highest BCUT2D eigenvalue weighted by Gasteiger charge is 2.36.